The molecule has 11 nitrogen and oxygen atoms in total. The Kier molecular flexibility index (Phi) is 54.3. The fourth-order valence-corrected chi connectivity index (χ4v) is 9.75. The molecule has 8 atom stereocenters. The minimum Gasteiger partial charge on any atom is -0.454 e. The van der Waals surface area contributed by atoms with Crippen LogP contribution in [0.1, 0.15) is 258 Å². The summed E-state index contributed by atoms with van der Waals surface area (Å²) in [5.74, 6) is -1.25. The standard InChI is InChI=1S/C72H121NO10/c1-4-7-10-13-16-19-22-25-27-29-30-31-32-33-34-35-37-38-41-44-47-50-53-56-59-65(76)71(80)73-63(64(75)58-55-52-49-46-43-40-24-21-18-15-12-9-6-3)62-81-72-70(69(79)68(78)66(61-74)82-72)83-67(77)60-57-54-51-48-45-42-39-36-28-26-23-20-17-14-11-8-5-2/h8,11,14,16-17,19-20,23,25-28,30-31,36,39,42,45,55,58,63-66,68-70,72,74-76,78-79H,4-7,9-10,12-13,15,18,21-22,24,29,32-35,37-38,40-41,43-44,46-54,56-57,59-62H2,1-3H3,(H,73,80)/b11-8-,17-14+,19-16-,23-20+,27-25-,28-26-,31-30-,39-36+,45-42+,58-55+. The summed E-state index contributed by atoms with van der Waals surface area (Å²) in [5, 5.41) is 57.1. The third-order valence-corrected chi connectivity index (χ3v) is 15.0. The van der Waals surface area contributed by atoms with Crippen LogP contribution in [0.4, 0.5) is 0 Å². The summed E-state index contributed by atoms with van der Waals surface area (Å²) >= 11 is 0. The number of carbonyl (C=O) groups is 2. The first kappa shape index (κ1) is 77.1. The Labute approximate surface area is 506 Å². The van der Waals surface area contributed by atoms with Crippen LogP contribution in [-0.4, -0.2) is 99.6 Å². The van der Waals surface area contributed by atoms with Crippen LogP contribution in [0.25, 0.3) is 0 Å². The molecule has 11 heteroatoms. The number of hydrogen-bond acceptors (Lipinski definition) is 10. The van der Waals surface area contributed by atoms with Gasteiger partial charge in [-0.05, 0) is 83.5 Å². The van der Waals surface area contributed by atoms with Crippen molar-refractivity contribution in [2.75, 3.05) is 13.2 Å². The van der Waals surface area contributed by atoms with E-state index in [1.165, 1.54) is 122 Å². The van der Waals surface area contributed by atoms with Crippen molar-refractivity contribution in [1.82, 2.24) is 5.32 Å². The quantitative estimate of drug-likeness (QED) is 0.0149. The van der Waals surface area contributed by atoms with E-state index in [1.54, 1.807) is 6.08 Å². The van der Waals surface area contributed by atoms with Gasteiger partial charge in [0, 0.05) is 6.42 Å². The molecule has 474 valence electrons. The van der Waals surface area contributed by atoms with Crippen LogP contribution in [0.2, 0.25) is 0 Å². The van der Waals surface area contributed by atoms with Gasteiger partial charge in [-0.2, -0.15) is 0 Å². The van der Waals surface area contributed by atoms with Gasteiger partial charge in [0.25, 0.3) is 0 Å². The maximum atomic E-state index is 13.5. The average molecular weight is 1160 g/mol. The highest BCUT2D eigenvalue weighted by Crippen LogP contribution is 2.26. The largest absolute Gasteiger partial charge is 0.454 e. The lowest BCUT2D eigenvalue weighted by Crippen LogP contribution is -2.61. The van der Waals surface area contributed by atoms with Crippen molar-refractivity contribution in [2.24, 2.45) is 0 Å². The van der Waals surface area contributed by atoms with E-state index in [2.05, 4.69) is 74.7 Å². The van der Waals surface area contributed by atoms with Crippen LogP contribution in [0.3, 0.4) is 0 Å². The second kappa shape index (κ2) is 58.4. The van der Waals surface area contributed by atoms with Crippen LogP contribution < -0.4 is 5.32 Å². The van der Waals surface area contributed by atoms with Gasteiger partial charge in [-0.15, -0.1) is 0 Å². The van der Waals surface area contributed by atoms with Crippen molar-refractivity contribution in [2.45, 2.75) is 307 Å². The lowest BCUT2D eigenvalue weighted by atomic mass is 9.99. The maximum Gasteiger partial charge on any atom is 0.306 e. The third kappa shape index (κ3) is 46.0. The van der Waals surface area contributed by atoms with Gasteiger partial charge >= 0.3 is 5.97 Å². The molecule has 0 aromatic rings. The molecule has 1 heterocycles. The topological polar surface area (TPSA) is 175 Å². The molecule has 0 spiro atoms. The summed E-state index contributed by atoms with van der Waals surface area (Å²) in [5.41, 5.74) is 0. The van der Waals surface area contributed by atoms with Crippen LogP contribution in [0.15, 0.2) is 122 Å². The third-order valence-electron chi connectivity index (χ3n) is 15.0. The number of aliphatic hydroxyl groups is 5. The van der Waals surface area contributed by atoms with Crippen molar-refractivity contribution in [1.29, 1.82) is 0 Å². The fraction of sp³-hybridized carbons (Fsp3) is 0.694. The van der Waals surface area contributed by atoms with Crippen molar-refractivity contribution >= 4 is 11.9 Å². The molecule has 1 amide bonds. The van der Waals surface area contributed by atoms with Gasteiger partial charge < -0.3 is 45.1 Å². The monoisotopic (exact) mass is 1160 g/mol. The van der Waals surface area contributed by atoms with Gasteiger partial charge in [-0.1, -0.05) is 290 Å². The second-order valence-corrected chi connectivity index (χ2v) is 22.6. The number of aliphatic hydroxyl groups excluding tert-OH is 5. The van der Waals surface area contributed by atoms with E-state index in [-0.39, 0.29) is 19.4 Å². The molecule has 0 aromatic heterocycles. The molecule has 1 aliphatic heterocycles. The number of ether oxygens (including phenoxy) is 3. The number of rotatable bonds is 55. The highest BCUT2D eigenvalue weighted by atomic mass is 16.7. The van der Waals surface area contributed by atoms with Gasteiger partial charge in [-0.25, -0.2) is 0 Å². The van der Waals surface area contributed by atoms with E-state index in [9.17, 15) is 35.1 Å². The Bertz CT molecular complexity index is 1810. The highest BCUT2D eigenvalue weighted by molar-refractivity contribution is 5.80. The summed E-state index contributed by atoms with van der Waals surface area (Å²) in [7, 11) is 0. The van der Waals surface area contributed by atoms with Gasteiger partial charge in [0.15, 0.2) is 12.4 Å². The Balaban J connectivity index is 2.66. The van der Waals surface area contributed by atoms with E-state index < -0.39 is 67.4 Å². The number of nitrogens with one attached hydrogen (secondary N) is 1. The first-order valence-electron chi connectivity index (χ1n) is 33.4. The predicted molar refractivity (Wildman–Crippen MR) is 347 cm³/mol. The molecular formula is C72H121NO10. The second-order valence-electron chi connectivity index (χ2n) is 22.6. The highest BCUT2D eigenvalue weighted by Gasteiger charge is 2.47. The maximum absolute atomic E-state index is 13.5. The number of amides is 1. The lowest BCUT2D eigenvalue weighted by Gasteiger charge is -2.41. The van der Waals surface area contributed by atoms with Crippen LogP contribution in [-0.2, 0) is 23.8 Å². The molecule has 1 rings (SSSR count). The molecule has 0 bridgehead atoms. The number of unbranched alkanes of at least 4 members (excludes halogenated alkanes) is 28. The summed E-state index contributed by atoms with van der Waals surface area (Å²) in [4.78, 5) is 26.6. The van der Waals surface area contributed by atoms with E-state index in [0.29, 0.717) is 12.8 Å². The fourth-order valence-electron chi connectivity index (χ4n) is 9.75. The van der Waals surface area contributed by atoms with E-state index >= 15 is 0 Å². The predicted octanol–water partition coefficient (Wildman–Crippen LogP) is 16.6. The van der Waals surface area contributed by atoms with E-state index in [1.807, 2.05) is 66.8 Å². The Morgan fingerprint density at radius 2 is 0.916 bits per heavy atom. The Morgan fingerprint density at radius 3 is 1.43 bits per heavy atom. The Hall–Kier alpha value is -3.94. The first-order valence-corrected chi connectivity index (χ1v) is 33.4. The Morgan fingerprint density at radius 1 is 0.494 bits per heavy atom. The summed E-state index contributed by atoms with van der Waals surface area (Å²) in [6.07, 6.45) is 70.9. The lowest BCUT2D eigenvalue weighted by molar-refractivity contribution is -0.305. The SMILES string of the molecule is CC\C=C/C=C/C=C/C=C\C=C\C=C\CCCCCC(=O)OC1C(OCC(NC(=O)C(O)CCCCCCCCCCCCC/C=C\C/C=C\C/C=C\CCCCC)C(O)/C=C/CCCCCCCCCCCCC)OC(CO)C(O)C1O. The summed E-state index contributed by atoms with van der Waals surface area (Å²) < 4.78 is 17.6. The van der Waals surface area contributed by atoms with Crippen LogP contribution in [0.5, 0.6) is 0 Å². The van der Waals surface area contributed by atoms with E-state index in [4.69, 9.17) is 14.2 Å². The molecule has 1 fully saturated rings. The average Bonchev–Trinajstić information content (AvgIpc) is 3.58. The molecular weight excluding hydrogens is 1040 g/mol. The number of allylic oxidation sites excluding steroid dienone is 19. The minimum absolute atomic E-state index is 0.0660. The van der Waals surface area contributed by atoms with Gasteiger partial charge in [0.1, 0.15) is 24.4 Å². The van der Waals surface area contributed by atoms with Gasteiger partial charge in [0.2, 0.25) is 5.91 Å². The van der Waals surface area contributed by atoms with Crippen molar-refractivity contribution in [3.63, 3.8) is 0 Å². The van der Waals surface area contributed by atoms with E-state index in [0.717, 1.165) is 89.9 Å². The van der Waals surface area contributed by atoms with Crippen LogP contribution >= 0.6 is 0 Å². The number of hydrogen-bond donors (Lipinski definition) is 6. The summed E-state index contributed by atoms with van der Waals surface area (Å²) in [6.45, 7) is 5.60. The molecule has 0 aromatic carbocycles. The van der Waals surface area contributed by atoms with Crippen molar-refractivity contribution < 1.29 is 49.3 Å². The minimum atomic E-state index is -1.64. The van der Waals surface area contributed by atoms with Crippen molar-refractivity contribution in [3.8, 4) is 0 Å². The normalized spacial score (nSPS) is 19.3. The number of carbonyl (C=O) groups excluding carboxylic acids is 2. The molecule has 0 saturated carbocycles. The molecule has 8 unspecified atom stereocenters. The molecule has 0 radical (unpaired) electrons. The number of esters is 1. The molecule has 83 heavy (non-hydrogen) atoms. The zero-order valence-electron chi connectivity index (χ0n) is 52.5. The molecule has 1 aliphatic rings. The zero-order valence-corrected chi connectivity index (χ0v) is 52.5. The van der Waals surface area contributed by atoms with Gasteiger partial charge in [-0.3, -0.25) is 9.59 Å². The molecule has 0 aliphatic carbocycles. The summed E-state index contributed by atoms with van der Waals surface area (Å²) in [6, 6.07) is -1.04. The molecule has 1 saturated heterocycles. The first-order chi connectivity index (χ1) is 40.7. The van der Waals surface area contributed by atoms with Gasteiger partial charge in [0.05, 0.1) is 25.4 Å². The smallest absolute Gasteiger partial charge is 0.306 e. The zero-order chi connectivity index (χ0) is 60.3. The molecule has 6 N–H and O–H groups in total. The van der Waals surface area contributed by atoms with Crippen LogP contribution in [0, 0.1) is 0 Å². The van der Waals surface area contributed by atoms with Crippen molar-refractivity contribution in [3.05, 3.63) is 122 Å².